The maximum absolute atomic E-state index is 14.0. The fraction of sp³-hybridized carbons (Fsp3) is 0.242. The van der Waals surface area contributed by atoms with Gasteiger partial charge in [-0.15, -0.1) is 0 Å². The quantitative estimate of drug-likeness (QED) is 0.261. The van der Waals surface area contributed by atoms with Crippen molar-refractivity contribution < 1.29 is 19.0 Å². The van der Waals surface area contributed by atoms with E-state index < -0.39 is 12.0 Å². The first-order valence-electron chi connectivity index (χ1n) is 13.6. The van der Waals surface area contributed by atoms with E-state index >= 15 is 0 Å². The lowest BCUT2D eigenvalue weighted by molar-refractivity contribution is -0.139. The largest absolute Gasteiger partial charge is 0.491 e. The van der Waals surface area contributed by atoms with Gasteiger partial charge >= 0.3 is 5.97 Å². The number of fused-ring (bicyclic) bond motifs is 1. The third-order valence-corrected chi connectivity index (χ3v) is 7.51. The molecule has 1 aliphatic heterocycles. The zero-order chi connectivity index (χ0) is 28.9. The maximum Gasteiger partial charge on any atom is 0.338 e. The summed E-state index contributed by atoms with van der Waals surface area (Å²) >= 11 is 1.28. The maximum atomic E-state index is 14.0. The molecule has 5 rings (SSSR count). The van der Waals surface area contributed by atoms with Gasteiger partial charge < -0.3 is 14.2 Å². The van der Waals surface area contributed by atoms with Crippen molar-refractivity contribution in [1.82, 2.24) is 4.57 Å². The van der Waals surface area contributed by atoms with Crippen LogP contribution in [-0.2, 0) is 16.1 Å². The second-order valence-electron chi connectivity index (χ2n) is 9.85. The van der Waals surface area contributed by atoms with Gasteiger partial charge in [0.1, 0.15) is 18.1 Å². The monoisotopic (exact) mass is 568 g/mol. The minimum absolute atomic E-state index is 0.0234. The minimum atomic E-state index is -0.690. The molecule has 0 saturated carbocycles. The molecule has 7 nitrogen and oxygen atoms in total. The van der Waals surface area contributed by atoms with E-state index in [0.29, 0.717) is 38.7 Å². The average Bonchev–Trinajstić information content (AvgIpc) is 3.26. The van der Waals surface area contributed by atoms with Gasteiger partial charge in [0, 0.05) is 5.56 Å². The Labute approximate surface area is 242 Å². The molecule has 0 unspecified atom stereocenters. The van der Waals surface area contributed by atoms with Crippen LogP contribution in [0.25, 0.3) is 6.08 Å². The van der Waals surface area contributed by atoms with Gasteiger partial charge in [-0.2, -0.15) is 0 Å². The number of thiazole rings is 1. The number of carbonyl (C=O) groups excluding carboxylic acids is 1. The predicted molar refractivity (Wildman–Crippen MR) is 160 cm³/mol. The highest BCUT2D eigenvalue weighted by Gasteiger charge is 2.33. The standard InChI is InChI=1S/C33H32N2O5S/c1-5-38-32(37)29-22(4)34-33-35(30(29)24-15-17-26(18-16-24)40-21(2)3)31(36)28(41-33)19-25-13-9-10-14-27(25)39-20-23-11-7-6-8-12-23/h6-19,21,30H,5,20H2,1-4H3/b28-19+/t30-/m0/s1. The minimum Gasteiger partial charge on any atom is -0.491 e. The fourth-order valence-electron chi connectivity index (χ4n) is 4.72. The Morgan fingerprint density at radius 2 is 1.73 bits per heavy atom. The molecule has 0 saturated heterocycles. The number of para-hydroxylation sites is 1. The van der Waals surface area contributed by atoms with Gasteiger partial charge in [-0.3, -0.25) is 9.36 Å². The Balaban J connectivity index is 1.59. The third kappa shape index (κ3) is 6.18. The molecule has 0 amide bonds. The lowest BCUT2D eigenvalue weighted by Crippen LogP contribution is -2.39. The van der Waals surface area contributed by atoms with Crippen LogP contribution in [0.5, 0.6) is 11.5 Å². The molecule has 0 bridgehead atoms. The molecular weight excluding hydrogens is 536 g/mol. The number of aromatic nitrogens is 1. The highest BCUT2D eigenvalue weighted by atomic mass is 32.1. The van der Waals surface area contributed by atoms with Crippen molar-refractivity contribution in [2.24, 2.45) is 4.99 Å². The van der Waals surface area contributed by atoms with Crippen molar-refractivity contribution in [3.63, 3.8) is 0 Å². The summed E-state index contributed by atoms with van der Waals surface area (Å²) in [4.78, 5) is 32.3. The molecule has 3 aromatic carbocycles. The summed E-state index contributed by atoms with van der Waals surface area (Å²) in [7, 11) is 0. The summed E-state index contributed by atoms with van der Waals surface area (Å²) in [5.74, 6) is 0.889. The molecule has 1 atom stereocenters. The van der Waals surface area contributed by atoms with Crippen LogP contribution in [0.4, 0.5) is 0 Å². The number of carbonyl (C=O) groups is 1. The topological polar surface area (TPSA) is 79.1 Å². The predicted octanol–water partition coefficient (Wildman–Crippen LogP) is 5.16. The number of esters is 1. The molecule has 0 aliphatic carbocycles. The van der Waals surface area contributed by atoms with E-state index in [1.807, 2.05) is 98.8 Å². The third-order valence-electron chi connectivity index (χ3n) is 6.53. The number of rotatable bonds is 9. The van der Waals surface area contributed by atoms with Crippen LogP contribution in [0, 0.1) is 0 Å². The molecule has 8 heteroatoms. The van der Waals surface area contributed by atoms with Crippen LogP contribution in [0.2, 0.25) is 0 Å². The summed E-state index contributed by atoms with van der Waals surface area (Å²) in [5.41, 5.74) is 3.21. The Morgan fingerprint density at radius 3 is 2.44 bits per heavy atom. The zero-order valence-electron chi connectivity index (χ0n) is 23.5. The molecule has 1 aliphatic rings. The molecule has 0 radical (unpaired) electrons. The highest BCUT2D eigenvalue weighted by molar-refractivity contribution is 7.07. The average molecular weight is 569 g/mol. The summed E-state index contributed by atoms with van der Waals surface area (Å²) in [5, 5.41) is 0. The van der Waals surface area contributed by atoms with Crippen molar-refractivity contribution in [2.45, 2.75) is 46.4 Å². The van der Waals surface area contributed by atoms with E-state index in [1.165, 1.54) is 11.3 Å². The first kappa shape index (κ1) is 28.1. The van der Waals surface area contributed by atoms with Crippen LogP contribution in [0.3, 0.4) is 0 Å². The molecule has 41 heavy (non-hydrogen) atoms. The second kappa shape index (κ2) is 12.4. The Hall–Kier alpha value is -4.43. The van der Waals surface area contributed by atoms with Crippen LogP contribution in [-0.4, -0.2) is 23.2 Å². The first-order valence-corrected chi connectivity index (χ1v) is 14.4. The fourth-order valence-corrected chi connectivity index (χ4v) is 5.75. The van der Waals surface area contributed by atoms with Crippen LogP contribution in [0.1, 0.15) is 50.4 Å². The molecular formula is C33H32N2O5S. The summed E-state index contributed by atoms with van der Waals surface area (Å²) in [6.07, 6.45) is 1.85. The lowest BCUT2D eigenvalue weighted by atomic mass is 9.96. The number of hydrogen-bond acceptors (Lipinski definition) is 7. The van der Waals surface area contributed by atoms with Crippen molar-refractivity contribution in [3.8, 4) is 11.5 Å². The lowest BCUT2D eigenvalue weighted by Gasteiger charge is -2.25. The summed E-state index contributed by atoms with van der Waals surface area (Å²) < 4.78 is 19.4. The SMILES string of the molecule is CCOC(=O)C1=C(C)N=c2s/c(=C/c3ccccc3OCc3ccccc3)c(=O)n2[C@H]1c1ccc(OC(C)C)cc1. The van der Waals surface area contributed by atoms with Gasteiger partial charge in [0.15, 0.2) is 4.80 Å². The summed E-state index contributed by atoms with van der Waals surface area (Å²) in [6.45, 7) is 8.08. The molecule has 0 fully saturated rings. The van der Waals surface area contributed by atoms with E-state index in [9.17, 15) is 9.59 Å². The number of nitrogens with zero attached hydrogens (tertiary/aromatic N) is 2. The smallest absolute Gasteiger partial charge is 0.338 e. The second-order valence-corrected chi connectivity index (χ2v) is 10.9. The van der Waals surface area contributed by atoms with Crippen molar-refractivity contribution >= 4 is 23.4 Å². The van der Waals surface area contributed by atoms with Gasteiger partial charge in [-0.05, 0) is 63.1 Å². The Morgan fingerprint density at radius 1 is 1.02 bits per heavy atom. The van der Waals surface area contributed by atoms with E-state index in [-0.39, 0.29) is 18.3 Å². The Kier molecular flexibility index (Phi) is 8.50. The molecule has 0 spiro atoms. The van der Waals surface area contributed by atoms with Gasteiger partial charge in [-0.25, -0.2) is 9.79 Å². The van der Waals surface area contributed by atoms with Crippen LogP contribution >= 0.6 is 11.3 Å². The number of allylic oxidation sites excluding steroid dienone is 1. The highest BCUT2D eigenvalue weighted by Crippen LogP contribution is 2.32. The van der Waals surface area contributed by atoms with E-state index in [2.05, 4.69) is 4.99 Å². The van der Waals surface area contributed by atoms with E-state index in [0.717, 1.165) is 16.7 Å². The number of ether oxygens (including phenoxy) is 3. The van der Waals surface area contributed by atoms with Crippen LogP contribution < -0.4 is 24.4 Å². The molecule has 0 N–H and O–H groups in total. The molecule has 2 heterocycles. The summed E-state index contributed by atoms with van der Waals surface area (Å²) in [6, 6.07) is 24.3. The van der Waals surface area contributed by atoms with Crippen molar-refractivity contribution in [1.29, 1.82) is 0 Å². The van der Waals surface area contributed by atoms with Gasteiger partial charge in [0.2, 0.25) is 0 Å². The van der Waals surface area contributed by atoms with Gasteiger partial charge in [-0.1, -0.05) is 72.0 Å². The Bertz CT molecular complexity index is 1750. The molecule has 210 valence electrons. The zero-order valence-corrected chi connectivity index (χ0v) is 24.3. The van der Waals surface area contributed by atoms with E-state index in [1.54, 1.807) is 18.4 Å². The normalized spacial score (nSPS) is 15.0. The molecule has 4 aromatic rings. The van der Waals surface area contributed by atoms with Gasteiger partial charge in [0.25, 0.3) is 5.56 Å². The van der Waals surface area contributed by atoms with Gasteiger partial charge in [0.05, 0.1) is 34.6 Å². The number of hydrogen-bond donors (Lipinski definition) is 0. The molecule has 1 aromatic heterocycles. The van der Waals surface area contributed by atoms with E-state index in [4.69, 9.17) is 14.2 Å². The number of benzene rings is 3. The van der Waals surface area contributed by atoms with Crippen LogP contribution in [0.15, 0.2) is 99.9 Å². The van der Waals surface area contributed by atoms with Crippen molar-refractivity contribution in [3.05, 3.63) is 127 Å². The van der Waals surface area contributed by atoms with Crippen molar-refractivity contribution in [2.75, 3.05) is 6.61 Å². The first-order chi connectivity index (χ1) is 19.9.